The lowest BCUT2D eigenvalue weighted by Crippen LogP contribution is -2.12. The minimum absolute atomic E-state index is 0.0150. The molecule has 0 saturated heterocycles. The topological polar surface area (TPSA) is 107 Å². The summed E-state index contributed by atoms with van der Waals surface area (Å²) in [6.45, 7) is 0. The van der Waals surface area contributed by atoms with Crippen LogP contribution in [0.1, 0.15) is 10.5 Å². The zero-order valence-electron chi connectivity index (χ0n) is 11.4. The second-order valence-corrected chi connectivity index (χ2v) is 5.21. The van der Waals surface area contributed by atoms with Gasteiger partial charge in [-0.05, 0) is 23.6 Å². The van der Waals surface area contributed by atoms with Crippen molar-refractivity contribution in [3.05, 3.63) is 47.0 Å². The number of amides is 1. The fourth-order valence-corrected chi connectivity index (χ4v) is 2.48. The first-order valence-electron chi connectivity index (χ1n) is 6.47. The highest BCUT2D eigenvalue weighted by atomic mass is 32.1. The largest absolute Gasteiger partial charge is 0.461 e. The summed E-state index contributed by atoms with van der Waals surface area (Å²) in [7, 11) is 0. The third kappa shape index (κ3) is 2.64. The molecule has 0 unspecified atom stereocenters. The van der Waals surface area contributed by atoms with Gasteiger partial charge < -0.3 is 13.4 Å². The van der Waals surface area contributed by atoms with Crippen molar-refractivity contribution in [2.24, 2.45) is 0 Å². The van der Waals surface area contributed by atoms with E-state index >= 15 is 0 Å². The Morgan fingerprint density at radius 3 is 2.96 bits per heavy atom. The number of rotatable bonds is 4. The maximum atomic E-state index is 12.1. The molecule has 0 aromatic carbocycles. The van der Waals surface area contributed by atoms with Crippen LogP contribution in [0.4, 0.5) is 6.01 Å². The van der Waals surface area contributed by atoms with E-state index in [1.54, 1.807) is 12.1 Å². The molecule has 0 bridgehead atoms. The number of nitrogens with zero attached hydrogens (tertiary/aromatic N) is 3. The lowest BCUT2D eigenvalue weighted by atomic mass is 10.3. The van der Waals surface area contributed by atoms with Crippen molar-refractivity contribution in [3.63, 3.8) is 0 Å². The molecule has 0 spiro atoms. The maximum Gasteiger partial charge on any atom is 0.322 e. The van der Waals surface area contributed by atoms with Crippen LogP contribution in [0.15, 0.2) is 54.6 Å². The molecule has 4 heterocycles. The van der Waals surface area contributed by atoms with Crippen molar-refractivity contribution in [3.8, 4) is 23.0 Å². The van der Waals surface area contributed by atoms with Crippen LogP contribution >= 0.6 is 11.3 Å². The minimum atomic E-state index is -0.521. The van der Waals surface area contributed by atoms with Crippen LogP contribution in [0.25, 0.3) is 23.0 Å². The number of aromatic nitrogens is 3. The van der Waals surface area contributed by atoms with Crippen LogP contribution in [-0.4, -0.2) is 21.3 Å². The molecule has 0 atom stereocenters. The molecule has 0 aliphatic carbocycles. The summed E-state index contributed by atoms with van der Waals surface area (Å²) in [6.07, 6.45) is 1.50. The van der Waals surface area contributed by atoms with E-state index in [1.165, 1.54) is 23.7 Å². The number of furan rings is 1. The summed E-state index contributed by atoms with van der Waals surface area (Å²) in [5.41, 5.74) is 0.872. The summed E-state index contributed by atoms with van der Waals surface area (Å²) in [5, 5.41) is 17.6. The predicted molar refractivity (Wildman–Crippen MR) is 79.8 cm³/mol. The summed E-state index contributed by atoms with van der Waals surface area (Å²) in [4.78, 5) is 12.1. The Morgan fingerprint density at radius 2 is 2.17 bits per heavy atom. The van der Waals surface area contributed by atoms with Crippen LogP contribution in [0.5, 0.6) is 0 Å². The summed E-state index contributed by atoms with van der Waals surface area (Å²) in [5.74, 6) is 0.642. The highest BCUT2D eigenvalue weighted by Crippen LogP contribution is 2.23. The van der Waals surface area contributed by atoms with Gasteiger partial charge in [-0.1, -0.05) is 10.3 Å². The van der Waals surface area contributed by atoms with Gasteiger partial charge in [0.15, 0.2) is 11.5 Å². The van der Waals surface area contributed by atoms with Gasteiger partial charge in [0.2, 0.25) is 5.76 Å². The second kappa shape index (κ2) is 5.54. The van der Waals surface area contributed by atoms with Crippen molar-refractivity contribution in [2.45, 2.75) is 0 Å². The second-order valence-electron chi connectivity index (χ2n) is 4.43. The van der Waals surface area contributed by atoms with Crippen LogP contribution in [-0.2, 0) is 0 Å². The quantitative estimate of drug-likeness (QED) is 0.612. The minimum Gasteiger partial charge on any atom is -0.461 e. The average Bonchev–Trinajstić information content (AvgIpc) is 3.30. The molecular formula is C14H8N4O4S. The molecule has 114 valence electrons. The molecule has 1 N–H and O–H groups in total. The molecule has 0 aliphatic rings. The molecule has 0 radical (unpaired) electrons. The fraction of sp³-hybridized carbons (Fsp3) is 0. The number of hydrogen-bond acceptors (Lipinski definition) is 8. The normalized spacial score (nSPS) is 10.8. The fourth-order valence-electron chi connectivity index (χ4n) is 1.85. The third-order valence-corrected chi connectivity index (χ3v) is 3.60. The Bertz CT molecular complexity index is 924. The average molecular weight is 328 g/mol. The van der Waals surface area contributed by atoms with Gasteiger partial charge in [-0.3, -0.25) is 10.1 Å². The van der Waals surface area contributed by atoms with Crippen molar-refractivity contribution in [1.82, 2.24) is 15.4 Å². The van der Waals surface area contributed by atoms with Gasteiger partial charge in [-0.25, -0.2) is 0 Å². The van der Waals surface area contributed by atoms with Crippen LogP contribution in [0, 0.1) is 0 Å². The van der Waals surface area contributed by atoms with Gasteiger partial charge in [-0.15, -0.1) is 5.10 Å². The summed E-state index contributed by atoms with van der Waals surface area (Å²) >= 11 is 1.51. The van der Waals surface area contributed by atoms with Gasteiger partial charge in [-0.2, -0.15) is 11.3 Å². The highest BCUT2D eigenvalue weighted by molar-refractivity contribution is 7.08. The summed E-state index contributed by atoms with van der Waals surface area (Å²) < 4.78 is 15.6. The van der Waals surface area contributed by atoms with E-state index in [0.717, 1.165) is 5.56 Å². The van der Waals surface area contributed by atoms with Crippen molar-refractivity contribution in [1.29, 1.82) is 0 Å². The zero-order valence-corrected chi connectivity index (χ0v) is 12.2. The molecule has 8 nitrogen and oxygen atoms in total. The van der Waals surface area contributed by atoms with Crippen molar-refractivity contribution in [2.75, 3.05) is 5.32 Å². The predicted octanol–water partition coefficient (Wildman–Crippen LogP) is 3.30. The highest BCUT2D eigenvalue weighted by Gasteiger charge is 2.18. The number of thiophene rings is 1. The van der Waals surface area contributed by atoms with Crippen molar-refractivity contribution < 1.29 is 18.2 Å². The van der Waals surface area contributed by atoms with Gasteiger partial charge in [0.1, 0.15) is 0 Å². The van der Waals surface area contributed by atoms with Crippen LogP contribution in [0.2, 0.25) is 0 Å². The number of carbonyl (C=O) groups is 1. The molecule has 1 amide bonds. The Morgan fingerprint density at radius 1 is 1.22 bits per heavy atom. The van der Waals surface area contributed by atoms with Gasteiger partial charge >= 0.3 is 6.01 Å². The van der Waals surface area contributed by atoms with Gasteiger partial charge in [0.25, 0.3) is 11.8 Å². The van der Waals surface area contributed by atoms with Gasteiger partial charge in [0, 0.05) is 17.0 Å². The van der Waals surface area contributed by atoms with Crippen LogP contribution < -0.4 is 5.32 Å². The molecule has 9 heteroatoms. The smallest absolute Gasteiger partial charge is 0.322 e. The lowest BCUT2D eigenvalue weighted by molar-refractivity contribution is 0.101. The number of carbonyl (C=O) groups excluding carboxylic acids is 1. The Labute approximate surface area is 132 Å². The molecule has 0 fully saturated rings. The molecule has 4 aromatic rings. The van der Waals surface area contributed by atoms with E-state index in [1.807, 2.05) is 16.8 Å². The van der Waals surface area contributed by atoms with Gasteiger partial charge in [0.05, 0.1) is 6.26 Å². The Hall–Kier alpha value is -3.20. The zero-order chi connectivity index (χ0) is 15.6. The number of anilines is 1. The first-order chi connectivity index (χ1) is 11.3. The maximum absolute atomic E-state index is 12.1. The Kier molecular flexibility index (Phi) is 3.24. The Balaban J connectivity index is 1.50. The molecule has 4 aromatic heterocycles. The number of hydrogen-bond donors (Lipinski definition) is 1. The van der Waals surface area contributed by atoms with E-state index < -0.39 is 5.91 Å². The van der Waals surface area contributed by atoms with E-state index in [-0.39, 0.29) is 11.7 Å². The SMILES string of the molecule is O=C(Nc1nnc(-c2ccsc2)o1)c1cc(-c2ccco2)on1. The van der Waals surface area contributed by atoms with E-state index in [9.17, 15) is 4.79 Å². The number of nitrogens with one attached hydrogen (secondary N) is 1. The van der Waals surface area contributed by atoms with Crippen molar-refractivity contribution >= 4 is 23.3 Å². The van der Waals surface area contributed by atoms with E-state index in [2.05, 4.69) is 20.7 Å². The molecule has 23 heavy (non-hydrogen) atoms. The molecular weight excluding hydrogens is 320 g/mol. The molecule has 0 saturated carbocycles. The first kappa shape index (κ1) is 13.5. The standard InChI is InChI=1S/C14H8N4O4S/c19-12(9-6-11(22-18-9)10-2-1-4-20-10)15-14-17-16-13(21-14)8-3-5-23-7-8/h1-7H,(H,15,17,19). The van der Waals surface area contributed by atoms with E-state index in [0.29, 0.717) is 17.4 Å². The first-order valence-corrected chi connectivity index (χ1v) is 7.42. The third-order valence-electron chi connectivity index (χ3n) is 2.92. The van der Waals surface area contributed by atoms with Crippen LogP contribution in [0.3, 0.4) is 0 Å². The van der Waals surface area contributed by atoms with E-state index in [4.69, 9.17) is 13.4 Å². The molecule has 0 aliphatic heterocycles. The monoisotopic (exact) mass is 328 g/mol. The lowest BCUT2D eigenvalue weighted by Gasteiger charge is -1.94. The summed E-state index contributed by atoms with van der Waals surface area (Å²) in [6, 6.07) is 6.70. The molecule has 4 rings (SSSR count).